The molecular formula is C42H46N2O13. The lowest BCUT2D eigenvalue weighted by molar-refractivity contribution is -0.176. The number of anilines is 2. The number of carboxylic acids is 2. The molecule has 3 aromatic rings. The first-order valence-electron chi connectivity index (χ1n) is 18.6. The maximum Gasteiger partial charge on any atom is 0.343 e. The van der Waals surface area contributed by atoms with Gasteiger partial charge in [0, 0.05) is 23.4 Å². The Kier molecular flexibility index (Phi) is 16.3. The quantitative estimate of drug-likeness (QED) is 0.0235. The minimum absolute atomic E-state index is 0.00879. The molecule has 3 aromatic carbocycles. The molecule has 0 radical (unpaired) electrons. The smallest absolute Gasteiger partial charge is 0.343 e. The van der Waals surface area contributed by atoms with Crippen LogP contribution in [0.2, 0.25) is 0 Å². The van der Waals surface area contributed by atoms with Gasteiger partial charge in [-0.15, -0.1) is 0 Å². The van der Waals surface area contributed by atoms with Gasteiger partial charge in [-0.05, 0) is 98.3 Å². The number of rotatable bonds is 22. The Balaban J connectivity index is 1.10. The van der Waals surface area contributed by atoms with E-state index in [4.69, 9.17) is 24.7 Å². The van der Waals surface area contributed by atoms with E-state index in [1.54, 1.807) is 54.6 Å². The zero-order chi connectivity index (χ0) is 41.3. The highest BCUT2D eigenvalue weighted by atomic mass is 16.5. The van der Waals surface area contributed by atoms with Gasteiger partial charge in [-0.1, -0.05) is 31.9 Å². The SMILES string of the molecule is CCCCCOc1ccc(C(=O)Oc2ccc(/C=C/C(=O)OCCCCCCOC(=O)c3cc(N)cc(NC(=O)C4C(C(=O)O)C(C=O)C4C(=O)O)c3)cc2)cc1. The molecule has 57 heavy (non-hydrogen) atoms. The number of carbonyl (C=O) groups excluding carboxylic acids is 5. The van der Waals surface area contributed by atoms with Crippen LogP contribution in [0.4, 0.5) is 11.4 Å². The number of carboxylic acid groups (broad SMARTS) is 2. The van der Waals surface area contributed by atoms with Crippen molar-refractivity contribution < 1.29 is 62.7 Å². The number of unbranched alkanes of at least 4 members (excludes halogenated alkanes) is 5. The number of nitrogen functional groups attached to an aromatic ring is 1. The summed E-state index contributed by atoms with van der Waals surface area (Å²) in [5, 5.41) is 21.3. The highest BCUT2D eigenvalue weighted by Crippen LogP contribution is 2.46. The number of ether oxygens (including phenoxy) is 4. The van der Waals surface area contributed by atoms with E-state index in [1.807, 2.05) is 0 Å². The van der Waals surface area contributed by atoms with Gasteiger partial charge in [0.05, 0.1) is 48.7 Å². The molecule has 5 N–H and O–H groups in total. The van der Waals surface area contributed by atoms with Crippen molar-refractivity contribution >= 4 is 59.5 Å². The van der Waals surface area contributed by atoms with Crippen molar-refractivity contribution in [1.29, 1.82) is 0 Å². The molecule has 0 aromatic heterocycles. The molecule has 0 bridgehead atoms. The zero-order valence-corrected chi connectivity index (χ0v) is 31.4. The average molecular weight is 787 g/mol. The van der Waals surface area contributed by atoms with Crippen molar-refractivity contribution in [2.45, 2.75) is 51.9 Å². The van der Waals surface area contributed by atoms with Gasteiger partial charge in [0.2, 0.25) is 5.91 Å². The summed E-state index contributed by atoms with van der Waals surface area (Å²) in [6.45, 7) is 3.02. The van der Waals surface area contributed by atoms with Crippen LogP contribution in [0.3, 0.4) is 0 Å². The van der Waals surface area contributed by atoms with E-state index in [2.05, 4.69) is 12.2 Å². The number of nitrogens with one attached hydrogen (secondary N) is 1. The second kappa shape index (κ2) is 21.5. The summed E-state index contributed by atoms with van der Waals surface area (Å²) >= 11 is 0. The number of carbonyl (C=O) groups is 7. The van der Waals surface area contributed by atoms with Crippen LogP contribution in [0, 0.1) is 23.7 Å². The second-order valence-electron chi connectivity index (χ2n) is 13.4. The molecule has 1 amide bonds. The Morgan fingerprint density at radius 2 is 1.32 bits per heavy atom. The lowest BCUT2D eigenvalue weighted by Gasteiger charge is -2.43. The number of nitrogens with two attached hydrogens (primary N) is 1. The van der Waals surface area contributed by atoms with E-state index >= 15 is 0 Å². The molecule has 1 aliphatic rings. The predicted molar refractivity (Wildman–Crippen MR) is 206 cm³/mol. The molecule has 1 saturated carbocycles. The highest BCUT2D eigenvalue weighted by molar-refractivity contribution is 6.03. The first kappa shape index (κ1) is 43.2. The van der Waals surface area contributed by atoms with Crippen molar-refractivity contribution in [3.05, 3.63) is 89.5 Å². The van der Waals surface area contributed by atoms with E-state index in [-0.39, 0.29) is 36.4 Å². The summed E-state index contributed by atoms with van der Waals surface area (Å²) in [5.74, 6) is -10.5. The summed E-state index contributed by atoms with van der Waals surface area (Å²) in [6.07, 6.45) is 8.76. The van der Waals surface area contributed by atoms with E-state index < -0.39 is 59.4 Å². The average Bonchev–Trinajstić information content (AvgIpc) is 3.16. The summed E-state index contributed by atoms with van der Waals surface area (Å²) in [7, 11) is 0. The minimum atomic E-state index is -1.51. The van der Waals surface area contributed by atoms with Crippen molar-refractivity contribution in [2.24, 2.45) is 23.7 Å². The molecule has 15 nitrogen and oxygen atoms in total. The predicted octanol–water partition coefficient (Wildman–Crippen LogP) is 5.82. The Labute approximate surface area is 329 Å². The number of hydrogen-bond donors (Lipinski definition) is 4. The number of aldehydes is 1. The van der Waals surface area contributed by atoms with Gasteiger partial charge < -0.3 is 45.0 Å². The monoisotopic (exact) mass is 786 g/mol. The van der Waals surface area contributed by atoms with Crippen LogP contribution in [0.15, 0.2) is 72.8 Å². The number of benzene rings is 3. The van der Waals surface area contributed by atoms with Crippen LogP contribution in [-0.2, 0) is 33.4 Å². The third kappa shape index (κ3) is 12.8. The zero-order valence-electron chi connectivity index (χ0n) is 31.4. The molecule has 0 heterocycles. The van der Waals surface area contributed by atoms with Gasteiger partial charge >= 0.3 is 29.8 Å². The topological polar surface area (TPSA) is 235 Å². The maximum absolute atomic E-state index is 12.9. The van der Waals surface area contributed by atoms with Crippen LogP contribution >= 0.6 is 0 Å². The first-order chi connectivity index (χ1) is 27.4. The highest BCUT2D eigenvalue weighted by Gasteiger charge is 2.61. The second-order valence-corrected chi connectivity index (χ2v) is 13.4. The molecular weight excluding hydrogens is 740 g/mol. The van der Waals surface area contributed by atoms with Gasteiger partial charge in [0.15, 0.2) is 0 Å². The van der Waals surface area contributed by atoms with Crippen LogP contribution < -0.4 is 20.5 Å². The molecule has 0 saturated heterocycles. The molecule has 15 heteroatoms. The molecule has 302 valence electrons. The fourth-order valence-corrected chi connectivity index (χ4v) is 6.21. The van der Waals surface area contributed by atoms with Gasteiger partial charge in [-0.3, -0.25) is 14.4 Å². The number of hydrogen-bond acceptors (Lipinski definition) is 12. The Bertz CT molecular complexity index is 1900. The standard InChI is InChI=1S/C42H46N2O13/c1-2-3-6-19-54-31-16-12-27(13-17-31)42(53)57-32-14-9-26(10-15-32)11-18-34(46)55-20-7-4-5-8-21-56-41(52)28-22-29(43)24-30(23-28)44-38(47)37-35(39(48)49)33(25-45)36(37)40(50)51/h9-18,22-25,33,35-37H,2-8,19-21,43H2,1H3,(H,44,47)(H,48,49)(H,50,51)/b18-11+. The molecule has 0 spiro atoms. The van der Waals surface area contributed by atoms with Gasteiger partial charge in [-0.25, -0.2) is 14.4 Å². The summed E-state index contributed by atoms with van der Waals surface area (Å²) in [4.78, 5) is 84.8. The van der Waals surface area contributed by atoms with Crippen LogP contribution in [0.1, 0.15) is 78.1 Å². The van der Waals surface area contributed by atoms with E-state index in [0.717, 1.165) is 19.3 Å². The largest absolute Gasteiger partial charge is 0.494 e. The fourth-order valence-electron chi connectivity index (χ4n) is 6.21. The summed E-state index contributed by atoms with van der Waals surface area (Å²) in [5.41, 5.74) is 7.10. The summed E-state index contributed by atoms with van der Waals surface area (Å²) < 4.78 is 21.7. The minimum Gasteiger partial charge on any atom is -0.494 e. The molecule has 2 unspecified atom stereocenters. The normalized spacial score (nSPS) is 17.1. The molecule has 1 aliphatic carbocycles. The number of amides is 1. The van der Waals surface area contributed by atoms with E-state index in [1.165, 1.54) is 24.3 Å². The molecule has 2 atom stereocenters. The van der Waals surface area contributed by atoms with Gasteiger partial charge in [0.1, 0.15) is 17.8 Å². The number of esters is 3. The van der Waals surface area contributed by atoms with Crippen molar-refractivity contribution in [3.63, 3.8) is 0 Å². The van der Waals surface area contributed by atoms with Crippen LogP contribution in [-0.4, -0.2) is 72.1 Å². The third-order valence-corrected chi connectivity index (χ3v) is 9.22. The Morgan fingerprint density at radius 3 is 1.93 bits per heavy atom. The van der Waals surface area contributed by atoms with E-state index in [0.29, 0.717) is 54.9 Å². The van der Waals surface area contributed by atoms with Gasteiger partial charge in [-0.2, -0.15) is 0 Å². The summed E-state index contributed by atoms with van der Waals surface area (Å²) in [6, 6.07) is 17.3. The van der Waals surface area contributed by atoms with Crippen molar-refractivity contribution in [1.82, 2.24) is 0 Å². The van der Waals surface area contributed by atoms with Crippen LogP contribution in [0.25, 0.3) is 6.08 Å². The van der Waals surface area contributed by atoms with Crippen molar-refractivity contribution in [3.8, 4) is 11.5 Å². The molecule has 1 fully saturated rings. The lowest BCUT2D eigenvalue weighted by atomic mass is 9.56. The first-order valence-corrected chi connectivity index (χ1v) is 18.6. The maximum atomic E-state index is 12.9. The van der Waals surface area contributed by atoms with Crippen molar-refractivity contribution in [2.75, 3.05) is 30.9 Å². The number of aliphatic carboxylic acids is 2. The fraction of sp³-hybridized carbons (Fsp3) is 0.357. The Hall–Kier alpha value is -6.51. The molecule has 0 aliphatic heterocycles. The third-order valence-electron chi connectivity index (χ3n) is 9.22. The molecule has 4 rings (SSSR count). The lowest BCUT2D eigenvalue weighted by Crippen LogP contribution is -2.59. The van der Waals surface area contributed by atoms with E-state index in [9.17, 15) is 43.8 Å². The van der Waals surface area contributed by atoms with Crippen LogP contribution in [0.5, 0.6) is 11.5 Å². The van der Waals surface area contributed by atoms with Gasteiger partial charge in [0.25, 0.3) is 0 Å². The Morgan fingerprint density at radius 1 is 0.702 bits per heavy atom.